The zero-order valence-corrected chi connectivity index (χ0v) is 16.6. The maximum Gasteiger partial charge on any atom is 0.293 e. The minimum Gasteiger partial charge on any atom is -0.294 e. The lowest BCUT2D eigenvalue weighted by molar-refractivity contribution is -0.384. The van der Waals surface area contributed by atoms with E-state index in [2.05, 4.69) is 0 Å². The molecule has 2 aliphatic rings. The molecule has 1 unspecified atom stereocenters. The zero-order valence-electron chi connectivity index (χ0n) is 15.9. The standard InChI is InChI=1S/C22H19ClN2O4/c1-13-8-9-17(19(10-13)25(28)29)24-18-6-3-7-20(26)22(18)16(12-21(24)27)14-4-2-5-15(23)11-14/h2,4-5,8-11,16H,3,6-7,12H2,1H3. The van der Waals surface area contributed by atoms with Crippen molar-refractivity contribution in [1.29, 1.82) is 0 Å². The Morgan fingerprint density at radius 1 is 1.14 bits per heavy atom. The molecule has 4 rings (SSSR count). The Morgan fingerprint density at radius 3 is 2.66 bits per heavy atom. The molecule has 0 saturated heterocycles. The third kappa shape index (κ3) is 3.44. The van der Waals surface area contributed by atoms with Gasteiger partial charge >= 0.3 is 0 Å². The van der Waals surface area contributed by atoms with Gasteiger partial charge in [0.15, 0.2) is 5.78 Å². The van der Waals surface area contributed by atoms with Crippen molar-refractivity contribution in [3.8, 4) is 0 Å². The highest BCUT2D eigenvalue weighted by atomic mass is 35.5. The number of halogens is 1. The van der Waals surface area contributed by atoms with E-state index in [1.165, 1.54) is 11.0 Å². The predicted molar refractivity (Wildman–Crippen MR) is 110 cm³/mol. The van der Waals surface area contributed by atoms with Crippen LogP contribution in [0.4, 0.5) is 11.4 Å². The maximum absolute atomic E-state index is 13.2. The molecule has 2 aromatic carbocycles. The number of nitro groups is 1. The predicted octanol–water partition coefficient (Wildman–Crippen LogP) is 5.08. The molecule has 1 heterocycles. The number of ketones is 1. The van der Waals surface area contributed by atoms with E-state index in [1.54, 1.807) is 37.3 Å². The number of nitro benzene ring substituents is 1. The number of nitrogens with zero attached hydrogens (tertiary/aromatic N) is 2. The number of aryl methyl sites for hydroxylation is 1. The van der Waals surface area contributed by atoms with Gasteiger partial charge in [-0.25, -0.2) is 0 Å². The van der Waals surface area contributed by atoms with Crippen LogP contribution in [-0.4, -0.2) is 16.6 Å². The second-order valence-corrected chi connectivity index (χ2v) is 7.86. The average molecular weight is 411 g/mol. The molecule has 0 saturated carbocycles. The lowest BCUT2D eigenvalue weighted by atomic mass is 9.77. The van der Waals surface area contributed by atoms with Gasteiger partial charge < -0.3 is 0 Å². The SMILES string of the molecule is Cc1ccc(N2C(=O)CC(c3cccc(Cl)c3)C3=C2CCCC3=O)c([N+](=O)[O-])c1. The van der Waals surface area contributed by atoms with Crippen LogP contribution < -0.4 is 4.90 Å². The molecule has 0 spiro atoms. The number of amides is 1. The van der Waals surface area contributed by atoms with Crippen molar-refractivity contribution in [1.82, 2.24) is 0 Å². The van der Waals surface area contributed by atoms with Crippen molar-refractivity contribution in [3.05, 3.63) is 80.0 Å². The van der Waals surface area contributed by atoms with E-state index in [0.717, 1.165) is 11.1 Å². The van der Waals surface area contributed by atoms with Crippen molar-refractivity contribution >= 4 is 34.7 Å². The first kappa shape index (κ1) is 19.3. The zero-order chi connectivity index (χ0) is 20.7. The van der Waals surface area contributed by atoms with Gasteiger partial charge in [-0.15, -0.1) is 0 Å². The smallest absolute Gasteiger partial charge is 0.293 e. The summed E-state index contributed by atoms with van der Waals surface area (Å²) in [4.78, 5) is 38.7. The summed E-state index contributed by atoms with van der Waals surface area (Å²) in [6, 6.07) is 12.0. The van der Waals surface area contributed by atoms with Gasteiger partial charge in [0, 0.05) is 41.1 Å². The summed E-state index contributed by atoms with van der Waals surface area (Å²) < 4.78 is 0. The number of benzene rings is 2. The van der Waals surface area contributed by atoms with E-state index in [9.17, 15) is 19.7 Å². The first-order valence-electron chi connectivity index (χ1n) is 9.46. The van der Waals surface area contributed by atoms with E-state index in [-0.39, 0.29) is 35.4 Å². The Labute approximate surface area is 172 Å². The molecule has 0 N–H and O–H groups in total. The van der Waals surface area contributed by atoms with Crippen molar-refractivity contribution in [2.75, 3.05) is 4.90 Å². The van der Waals surface area contributed by atoms with Gasteiger partial charge in [0.05, 0.1) is 4.92 Å². The normalized spacial score (nSPS) is 19.4. The molecule has 6 nitrogen and oxygen atoms in total. The molecule has 0 fully saturated rings. The second-order valence-electron chi connectivity index (χ2n) is 7.43. The number of allylic oxidation sites excluding steroid dienone is 2. The van der Waals surface area contributed by atoms with Crippen LogP contribution in [0.5, 0.6) is 0 Å². The molecule has 1 aliphatic heterocycles. The molecule has 1 atom stereocenters. The molecule has 0 bridgehead atoms. The monoisotopic (exact) mass is 410 g/mol. The average Bonchev–Trinajstić information content (AvgIpc) is 2.68. The summed E-state index contributed by atoms with van der Waals surface area (Å²) in [6.07, 6.45) is 1.61. The summed E-state index contributed by atoms with van der Waals surface area (Å²) in [5.41, 5.74) is 2.78. The van der Waals surface area contributed by atoms with Crippen molar-refractivity contribution in [2.24, 2.45) is 0 Å². The van der Waals surface area contributed by atoms with Gasteiger partial charge in [-0.2, -0.15) is 0 Å². The van der Waals surface area contributed by atoms with Crippen molar-refractivity contribution < 1.29 is 14.5 Å². The van der Waals surface area contributed by atoms with Crippen LogP contribution in [0.15, 0.2) is 53.7 Å². The van der Waals surface area contributed by atoms with Crippen LogP contribution in [0.1, 0.15) is 42.7 Å². The van der Waals surface area contributed by atoms with Crippen molar-refractivity contribution in [2.45, 2.75) is 38.5 Å². The number of carbonyl (C=O) groups excluding carboxylic acids is 2. The van der Waals surface area contributed by atoms with Gasteiger partial charge in [-0.05, 0) is 49.1 Å². The number of hydrogen-bond donors (Lipinski definition) is 0. The fraction of sp³-hybridized carbons (Fsp3) is 0.273. The first-order valence-corrected chi connectivity index (χ1v) is 9.84. The van der Waals surface area contributed by atoms with E-state index >= 15 is 0 Å². The van der Waals surface area contributed by atoms with Crippen LogP contribution in [0.2, 0.25) is 5.02 Å². The topological polar surface area (TPSA) is 80.5 Å². The minimum absolute atomic E-state index is 0.0107. The van der Waals surface area contributed by atoms with Gasteiger partial charge in [0.1, 0.15) is 5.69 Å². The Hall–Kier alpha value is -2.99. The molecule has 0 radical (unpaired) electrons. The number of rotatable bonds is 3. The highest BCUT2D eigenvalue weighted by molar-refractivity contribution is 6.30. The summed E-state index contributed by atoms with van der Waals surface area (Å²) >= 11 is 6.14. The molecular formula is C22H19ClN2O4. The summed E-state index contributed by atoms with van der Waals surface area (Å²) in [5.74, 6) is -0.649. The Bertz CT molecular complexity index is 1080. The van der Waals surface area contributed by atoms with E-state index in [4.69, 9.17) is 11.6 Å². The first-order chi connectivity index (χ1) is 13.9. The maximum atomic E-state index is 13.2. The van der Waals surface area contributed by atoms with Crippen LogP contribution in [-0.2, 0) is 9.59 Å². The number of anilines is 1. The fourth-order valence-corrected chi connectivity index (χ4v) is 4.45. The molecule has 148 valence electrons. The third-order valence-corrected chi connectivity index (χ3v) is 5.73. The third-order valence-electron chi connectivity index (χ3n) is 5.49. The minimum atomic E-state index is -0.483. The lowest BCUT2D eigenvalue weighted by Crippen LogP contribution is -2.40. The summed E-state index contributed by atoms with van der Waals surface area (Å²) in [6.45, 7) is 1.76. The Balaban J connectivity index is 1.91. The Morgan fingerprint density at radius 2 is 1.93 bits per heavy atom. The second kappa shape index (κ2) is 7.44. The molecule has 1 aliphatic carbocycles. The van der Waals surface area contributed by atoms with Crippen LogP contribution >= 0.6 is 11.6 Å². The molecule has 7 heteroatoms. The van der Waals surface area contributed by atoms with Crippen molar-refractivity contribution in [3.63, 3.8) is 0 Å². The largest absolute Gasteiger partial charge is 0.294 e. The van der Waals surface area contributed by atoms with E-state index in [0.29, 0.717) is 35.6 Å². The molecular weight excluding hydrogens is 392 g/mol. The van der Waals surface area contributed by atoms with Crippen LogP contribution in [0, 0.1) is 17.0 Å². The molecule has 29 heavy (non-hydrogen) atoms. The van der Waals surface area contributed by atoms with Crippen LogP contribution in [0.3, 0.4) is 0 Å². The van der Waals surface area contributed by atoms with Gasteiger partial charge in [-0.3, -0.25) is 24.6 Å². The highest BCUT2D eigenvalue weighted by Gasteiger charge is 2.41. The Kier molecular flexibility index (Phi) is 4.96. The van der Waals surface area contributed by atoms with Gasteiger partial charge in [0.2, 0.25) is 5.91 Å². The quantitative estimate of drug-likeness (QED) is 0.521. The highest BCUT2D eigenvalue weighted by Crippen LogP contribution is 2.45. The molecule has 1 amide bonds. The van der Waals surface area contributed by atoms with Gasteiger partial charge in [-0.1, -0.05) is 29.8 Å². The lowest BCUT2D eigenvalue weighted by Gasteiger charge is -2.38. The summed E-state index contributed by atoms with van der Waals surface area (Å²) in [7, 11) is 0. The summed E-state index contributed by atoms with van der Waals surface area (Å²) in [5, 5.41) is 12.2. The number of carbonyl (C=O) groups is 2. The van der Waals surface area contributed by atoms with Crippen LogP contribution in [0.25, 0.3) is 0 Å². The number of Topliss-reactive ketones (excluding diaryl/α,β-unsaturated/α-hetero) is 1. The van der Waals surface area contributed by atoms with E-state index < -0.39 is 4.92 Å². The molecule has 0 aromatic heterocycles. The fourth-order valence-electron chi connectivity index (χ4n) is 4.25. The number of hydrogen-bond acceptors (Lipinski definition) is 4. The van der Waals surface area contributed by atoms with Gasteiger partial charge in [0.25, 0.3) is 5.69 Å². The van der Waals surface area contributed by atoms with E-state index in [1.807, 2.05) is 6.07 Å². The molecule has 2 aromatic rings.